The van der Waals surface area contributed by atoms with Crippen molar-refractivity contribution >= 4 is 21.6 Å². The Kier molecular flexibility index (Phi) is 7.02. The molecule has 1 amide bonds. The van der Waals surface area contributed by atoms with Gasteiger partial charge in [-0.3, -0.25) is 9.52 Å². The number of amides is 1. The first-order valence-corrected chi connectivity index (χ1v) is 10.9. The highest BCUT2D eigenvalue weighted by Crippen LogP contribution is 2.16. The molecule has 0 bridgehead atoms. The molecule has 3 N–H and O–H groups in total. The van der Waals surface area contributed by atoms with Gasteiger partial charge in [-0.05, 0) is 36.4 Å². The van der Waals surface area contributed by atoms with E-state index >= 15 is 0 Å². The molecule has 1 fully saturated rings. The van der Waals surface area contributed by atoms with Crippen molar-refractivity contribution < 1.29 is 22.8 Å². The van der Waals surface area contributed by atoms with Gasteiger partial charge in [-0.15, -0.1) is 0 Å². The summed E-state index contributed by atoms with van der Waals surface area (Å²) in [5, 5.41) is 2.91. The largest absolute Gasteiger partial charge is 0.370 e. The zero-order valence-corrected chi connectivity index (χ0v) is 16.5. The number of nitrogens with one attached hydrogen (secondary N) is 3. The van der Waals surface area contributed by atoms with E-state index in [2.05, 4.69) is 10.0 Å². The summed E-state index contributed by atoms with van der Waals surface area (Å²) in [6.45, 7) is 5.29. The second kappa shape index (κ2) is 9.68. The minimum absolute atomic E-state index is 0.158. The van der Waals surface area contributed by atoms with Crippen LogP contribution < -0.4 is 14.9 Å². The SMILES string of the molecule is O=C(NCCC[NH+]1CCOCC1)c1ccc(NS(=O)(=O)c2ccccc2)cc1. The molecular weight excluding hydrogens is 378 g/mol. The van der Waals surface area contributed by atoms with Crippen molar-refractivity contribution in [2.75, 3.05) is 44.1 Å². The van der Waals surface area contributed by atoms with Crippen LogP contribution >= 0.6 is 0 Å². The number of hydrogen-bond acceptors (Lipinski definition) is 4. The maximum absolute atomic E-state index is 12.3. The Bertz CT molecular complexity index is 864. The van der Waals surface area contributed by atoms with Crippen molar-refractivity contribution in [3.63, 3.8) is 0 Å². The van der Waals surface area contributed by atoms with Crippen molar-refractivity contribution in [3.05, 3.63) is 60.2 Å². The number of ether oxygens (including phenoxy) is 1. The van der Waals surface area contributed by atoms with Crippen molar-refractivity contribution in [2.45, 2.75) is 11.3 Å². The molecule has 0 unspecified atom stereocenters. The number of hydrogen-bond donors (Lipinski definition) is 3. The van der Waals surface area contributed by atoms with Crippen LogP contribution in [0.3, 0.4) is 0 Å². The van der Waals surface area contributed by atoms with E-state index in [1.165, 1.54) is 17.0 Å². The molecule has 0 aliphatic carbocycles. The fourth-order valence-corrected chi connectivity index (χ4v) is 4.14. The van der Waals surface area contributed by atoms with Crippen LogP contribution in [0, 0.1) is 0 Å². The van der Waals surface area contributed by atoms with Crippen LogP contribution in [-0.4, -0.2) is 53.7 Å². The van der Waals surface area contributed by atoms with Gasteiger partial charge in [0.15, 0.2) is 0 Å². The summed E-state index contributed by atoms with van der Waals surface area (Å²) >= 11 is 0. The van der Waals surface area contributed by atoms with Gasteiger partial charge < -0.3 is 15.0 Å². The molecule has 0 spiro atoms. The molecule has 2 aromatic rings. The number of anilines is 1. The van der Waals surface area contributed by atoms with Crippen molar-refractivity contribution in [1.29, 1.82) is 0 Å². The van der Waals surface area contributed by atoms with Crippen molar-refractivity contribution in [3.8, 4) is 0 Å². The number of carbonyl (C=O) groups is 1. The molecule has 1 saturated heterocycles. The maximum Gasteiger partial charge on any atom is 0.261 e. The molecular formula is C20H26N3O4S+. The van der Waals surface area contributed by atoms with Crippen LogP contribution in [-0.2, 0) is 14.8 Å². The van der Waals surface area contributed by atoms with Crippen LogP contribution in [0.5, 0.6) is 0 Å². The first kappa shape index (κ1) is 20.3. The molecule has 0 atom stereocenters. The van der Waals surface area contributed by atoms with Gasteiger partial charge in [0.25, 0.3) is 15.9 Å². The van der Waals surface area contributed by atoms with E-state index in [0.29, 0.717) is 17.8 Å². The summed E-state index contributed by atoms with van der Waals surface area (Å²) < 4.78 is 32.5. The minimum atomic E-state index is -3.64. The molecule has 150 valence electrons. The molecule has 7 nitrogen and oxygen atoms in total. The average molecular weight is 405 g/mol. The third kappa shape index (κ3) is 5.79. The topological polar surface area (TPSA) is 88.9 Å². The number of sulfonamides is 1. The number of quaternary nitrogens is 1. The van der Waals surface area contributed by atoms with Crippen molar-refractivity contribution in [2.24, 2.45) is 0 Å². The fraction of sp³-hybridized carbons (Fsp3) is 0.350. The Hall–Kier alpha value is -2.42. The van der Waals surface area contributed by atoms with Gasteiger partial charge in [0.1, 0.15) is 13.1 Å². The van der Waals surface area contributed by atoms with E-state index in [9.17, 15) is 13.2 Å². The summed E-state index contributed by atoms with van der Waals surface area (Å²) in [5.41, 5.74) is 0.915. The summed E-state index contributed by atoms with van der Waals surface area (Å²) in [4.78, 5) is 13.9. The lowest BCUT2D eigenvalue weighted by molar-refractivity contribution is -0.908. The van der Waals surface area contributed by atoms with Gasteiger partial charge in [-0.25, -0.2) is 8.42 Å². The lowest BCUT2D eigenvalue weighted by atomic mass is 10.2. The first-order chi connectivity index (χ1) is 13.5. The number of benzene rings is 2. The van der Waals surface area contributed by atoms with E-state index < -0.39 is 10.0 Å². The third-order valence-corrected chi connectivity index (χ3v) is 6.04. The summed E-state index contributed by atoms with van der Waals surface area (Å²) in [5.74, 6) is -0.158. The highest BCUT2D eigenvalue weighted by molar-refractivity contribution is 7.92. The normalized spacial score (nSPS) is 15.1. The fourth-order valence-electron chi connectivity index (χ4n) is 3.06. The van der Waals surface area contributed by atoms with Gasteiger partial charge in [-0.1, -0.05) is 18.2 Å². The van der Waals surface area contributed by atoms with Crippen LogP contribution in [0.1, 0.15) is 16.8 Å². The Labute approximate surface area is 165 Å². The van der Waals surface area contributed by atoms with E-state index in [1.54, 1.807) is 42.5 Å². The summed E-state index contributed by atoms with van der Waals surface area (Å²) in [6, 6.07) is 14.6. The standard InChI is InChI=1S/C20H25N3O4S/c24-20(21-11-4-12-23-13-15-27-16-14-23)17-7-9-18(10-8-17)22-28(25,26)19-5-2-1-3-6-19/h1-3,5-10,22H,4,11-16H2,(H,21,24)/p+1. The zero-order valence-electron chi connectivity index (χ0n) is 15.7. The number of rotatable bonds is 8. The number of morpholine rings is 1. The maximum atomic E-state index is 12.3. The monoisotopic (exact) mass is 404 g/mol. The van der Waals surface area contributed by atoms with Crippen LogP contribution in [0.4, 0.5) is 5.69 Å². The average Bonchev–Trinajstić information content (AvgIpc) is 2.73. The van der Waals surface area contributed by atoms with E-state index in [-0.39, 0.29) is 10.8 Å². The van der Waals surface area contributed by atoms with E-state index in [0.717, 1.165) is 39.3 Å². The second-order valence-electron chi connectivity index (χ2n) is 6.72. The molecule has 0 aromatic heterocycles. The van der Waals surface area contributed by atoms with Crippen LogP contribution in [0.25, 0.3) is 0 Å². The smallest absolute Gasteiger partial charge is 0.261 e. The Morgan fingerprint density at radius 1 is 1.00 bits per heavy atom. The van der Waals surface area contributed by atoms with Gasteiger partial charge >= 0.3 is 0 Å². The van der Waals surface area contributed by atoms with E-state index in [1.807, 2.05) is 0 Å². The van der Waals surface area contributed by atoms with Gasteiger partial charge in [-0.2, -0.15) is 0 Å². The molecule has 2 aromatic carbocycles. The van der Waals surface area contributed by atoms with Gasteiger partial charge in [0.2, 0.25) is 0 Å². The quantitative estimate of drug-likeness (QED) is 0.560. The Morgan fingerprint density at radius 2 is 1.68 bits per heavy atom. The minimum Gasteiger partial charge on any atom is -0.370 e. The zero-order chi connectivity index (χ0) is 19.8. The summed E-state index contributed by atoms with van der Waals surface area (Å²) in [6.07, 6.45) is 0.913. The molecule has 1 heterocycles. The van der Waals surface area contributed by atoms with E-state index in [4.69, 9.17) is 4.74 Å². The van der Waals surface area contributed by atoms with Gasteiger partial charge in [0, 0.05) is 24.2 Å². The summed E-state index contributed by atoms with van der Waals surface area (Å²) in [7, 11) is -3.64. The molecule has 0 radical (unpaired) electrons. The van der Waals surface area contributed by atoms with Crippen LogP contribution in [0.2, 0.25) is 0 Å². The Morgan fingerprint density at radius 3 is 2.36 bits per heavy atom. The van der Waals surface area contributed by atoms with Gasteiger partial charge in [0.05, 0.1) is 24.7 Å². The molecule has 1 aliphatic rings. The predicted octanol–water partition coefficient (Wildman–Crippen LogP) is 0.522. The first-order valence-electron chi connectivity index (χ1n) is 9.42. The molecule has 3 rings (SSSR count). The molecule has 1 aliphatic heterocycles. The Balaban J connectivity index is 1.47. The lowest BCUT2D eigenvalue weighted by Crippen LogP contribution is -3.14. The second-order valence-corrected chi connectivity index (χ2v) is 8.40. The molecule has 8 heteroatoms. The molecule has 0 saturated carbocycles. The highest BCUT2D eigenvalue weighted by Gasteiger charge is 2.15. The van der Waals surface area contributed by atoms with Crippen LogP contribution in [0.15, 0.2) is 59.5 Å². The molecule has 28 heavy (non-hydrogen) atoms. The third-order valence-electron chi connectivity index (χ3n) is 4.65. The highest BCUT2D eigenvalue weighted by atomic mass is 32.2. The van der Waals surface area contributed by atoms with Crippen molar-refractivity contribution in [1.82, 2.24) is 5.32 Å². The predicted molar refractivity (Wildman–Crippen MR) is 107 cm³/mol. The number of carbonyl (C=O) groups excluding carboxylic acids is 1. The lowest BCUT2D eigenvalue weighted by Gasteiger charge is -2.23.